The Morgan fingerprint density at radius 1 is 1.24 bits per heavy atom. The molecule has 0 aromatic rings. The van der Waals surface area contributed by atoms with E-state index in [-0.39, 0.29) is 31.1 Å². The Morgan fingerprint density at radius 2 is 1.86 bits per heavy atom. The Kier molecular flexibility index (Phi) is 4.66. The van der Waals surface area contributed by atoms with Gasteiger partial charge >= 0.3 is 12.0 Å². The molecule has 0 saturated carbocycles. The number of carbonyl (C=O) groups is 3. The number of hydrogen-bond acceptors (Lipinski definition) is 4. The summed E-state index contributed by atoms with van der Waals surface area (Å²) >= 11 is 0. The zero-order chi connectivity index (χ0) is 15.6. The van der Waals surface area contributed by atoms with Crippen LogP contribution in [0.5, 0.6) is 0 Å². The number of likely N-dealkylation sites (tertiary alicyclic amines) is 1. The predicted molar refractivity (Wildman–Crippen MR) is 72.4 cm³/mol. The minimum absolute atomic E-state index is 0.126. The van der Waals surface area contributed by atoms with Crippen LogP contribution in [0.3, 0.4) is 0 Å². The molecule has 2 fully saturated rings. The highest BCUT2D eigenvalue weighted by atomic mass is 16.5. The fraction of sp³-hybridized carbons (Fsp3) is 0.769. The smallest absolute Gasteiger partial charge is 0.320 e. The number of aliphatic carboxylic acids is 1. The first kappa shape index (κ1) is 15.6. The molecule has 8 nitrogen and oxygen atoms in total. The van der Waals surface area contributed by atoms with Gasteiger partial charge in [0.25, 0.3) is 0 Å². The number of piperidine rings is 1. The number of hydrogen-bond donors (Lipinski definition) is 2. The highest BCUT2D eigenvalue weighted by molar-refractivity contribution is 5.79. The summed E-state index contributed by atoms with van der Waals surface area (Å²) in [5, 5.41) is 9.14. The molecule has 21 heavy (non-hydrogen) atoms. The van der Waals surface area contributed by atoms with Crippen LogP contribution in [0.25, 0.3) is 0 Å². The number of primary amides is 1. The summed E-state index contributed by atoms with van der Waals surface area (Å²) in [5.41, 5.74) is 5.26. The van der Waals surface area contributed by atoms with Gasteiger partial charge in [-0.15, -0.1) is 0 Å². The van der Waals surface area contributed by atoms with Gasteiger partial charge in [0.2, 0.25) is 5.91 Å². The van der Waals surface area contributed by atoms with Crippen molar-refractivity contribution in [2.45, 2.75) is 18.9 Å². The van der Waals surface area contributed by atoms with Crippen LogP contribution in [0.1, 0.15) is 12.8 Å². The van der Waals surface area contributed by atoms with E-state index in [0.717, 1.165) is 0 Å². The van der Waals surface area contributed by atoms with E-state index in [1.54, 1.807) is 11.9 Å². The summed E-state index contributed by atoms with van der Waals surface area (Å²) in [6, 6.07) is -0.677. The van der Waals surface area contributed by atoms with Gasteiger partial charge in [0.05, 0.1) is 19.3 Å². The van der Waals surface area contributed by atoms with E-state index < -0.39 is 17.9 Å². The Morgan fingerprint density at radius 3 is 2.38 bits per heavy atom. The number of urea groups is 1. The first-order chi connectivity index (χ1) is 9.91. The number of ether oxygens (including phenoxy) is 1. The van der Waals surface area contributed by atoms with Crippen molar-refractivity contribution in [3.8, 4) is 0 Å². The number of amides is 3. The molecule has 0 bridgehead atoms. The summed E-state index contributed by atoms with van der Waals surface area (Å²) in [6.45, 7) is 1.28. The van der Waals surface area contributed by atoms with E-state index in [1.165, 1.54) is 4.90 Å². The molecular weight excluding hydrogens is 278 g/mol. The molecule has 8 heteroatoms. The second-order valence-electron chi connectivity index (χ2n) is 5.61. The average molecular weight is 299 g/mol. The van der Waals surface area contributed by atoms with Crippen molar-refractivity contribution in [3.63, 3.8) is 0 Å². The molecule has 2 unspecified atom stereocenters. The van der Waals surface area contributed by atoms with Crippen molar-refractivity contribution in [2.24, 2.45) is 17.6 Å². The van der Waals surface area contributed by atoms with Gasteiger partial charge in [-0.05, 0) is 12.8 Å². The maximum absolute atomic E-state index is 12.4. The Labute approximate surface area is 122 Å². The van der Waals surface area contributed by atoms with E-state index in [2.05, 4.69) is 0 Å². The lowest BCUT2D eigenvalue weighted by Gasteiger charge is -2.36. The zero-order valence-corrected chi connectivity index (χ0v) is 12.0. The van der Waals surface area contributed by atoms with E-state index >= 15 is 0 Å². The van der Waals surface area contributed by atoms with Crippen LogP contribution in [-0.2, 0) is 14.3 Å². The molecule has 2 aliphatic rings. The Hall–Kier alpha value is -1.83. The Balaban J connectivity index is 1.94. The lowest BCUT2D eigenvalue weighted by molar-refractivity contribution is -0.142. The first-order valence-corrected chi connectivity index (χ1v) is 7.03. The van der Waals surface area contributed by atoms with Crippen molar-refractivity contribution in [2.75, 3.05) is 33.4 Å². The van der Waals surface area contributed by atoms with Crippen molar-refractivity contribution in [3.05, 3.63) is 0 Å². The van der Waals surface area contributed by atoms with E-state index in [4.69, 9.17) is 15.6 Å². The van der Waals surface area contributed by atoms with Gasteiger partial charge in [-0.25, -0.2) is 4.79 Å². The lowest BCUT2D eigenvalue weighted by Crippen LogP contribution is -2.52. The van der Waals surface area contributed by atoms with Gasteiger partial charge in [-0.1, -0.05) is 0 Å². The third-order valence-corrected chi connectivity index (χ3v) is 4.33. The van der Waals surface area contributed by atoms with Crippen molar-refractivity contribution < 1.29 is 24.2 Å². The average Bonchev–Trinajstić information content (AvgIpc) is 2.95. The van der Waals surface area contributed by atoms with Crippen LogP contribution >= 0.6 is 0 Å². The van der Waals surface area contributed by atoms with Gasteiger partial charge < -0.3 is 25.4 Å². The summed E-state index contributed by atoms with van der Waals surface area (Å²) in [4.78, 5) is 37.8. The topological polar surface area (TPSA) is 113 Å². The van der Waals surface area contributed by atoms with Crippen molar-refractivity contribution in [1.82, 2.24) is 9.80 Å². The molecule has 2 atom stereocenters. The normalized spacial score (nSPS) is 26.6. The van der Waals surface area contributed by atoms with Crippen LogP contribution in [-0.4, -0.2) is 72.2 Å². The van der Waals surface area contributed by atoms with Gasteiger partial charge in [-0.3, -0.25) is 9.59 Å². The van der Waals surface area contributed by atoms with Crippen LogP contribution in [0.15, 0.2) is 0 Å². The highest BCUT2D eigenvalue weighted by Crippen LogP contribution is 2.22. The summed E-state index contributed by atoms with van der Waals surface area (Å²) in [7, 11) is 1.60. The standard InChI is InChI=1S/C13H21N3O5/c1-15(10-7-21-6-9(10)12(18)19)13(20)16-4-2-8(3-5-16)11(14)17/h8-10H,2-7H2,1H3,(H2,14,17)(H,18,19). The number of rotatable bonds is 3. The maximum atomic E-state index is 12.4. The SMILES string of the molecule is CN(C(=O)N1CCC(C(N)=O)CC1)C1COCC1C(=O)O. The lowest BCUT2D eigenvalue weighted by atomic mass is 9.96. The van der Waals surface area contributed by atoms with Crippen LogP contribution < -0.4 is 5.73 Å². The second kappa shape index (κ2) is 6.30. The van der Waals surface area contributed by atoms with Gasteiger partial charge in [0.15, 0.2) is 0 Å². The second-order valence-corrected chi connectivity index (χ2v) is 5.61. The Bertz CT molecular complexity index is 434. The van der Waals surface area contributed by atoms with Gasteiger partial charge in [0, 0.05) is 26.1 Å². The van der Waals surface area contributed by atoms with E-state index in [9.17, 15) is 14.4 Å². The monoisotopic (exact) mass is 299 g/mol. The van der Waals surface area contributed by atoms with E-state index in [0.29, 0.717) is 25.9 Å². The van der Waals surface area contributed by atoms with Crippen LogP contribution in [0.4, 0.5) is 4.79 Å². The minimum Gasteiger partial charge on any atom is -0.481 e. The van der Waals surface area contributed by atoms with Gasteiger partial charge in [0.1, 0.15) is 5.92 Å². The molecule has 2 saturated heterocycles. The van der Waals surface area contributed by atoms with Crippen LogP contribution in [0, 0.1) is 11.8 Å². The van der Waals surface area contributed by atoms with Crippen LogP contribution in [0.2, 0.25) is 0 Å². The number of carboxylic acid groups (broad SMARTS) is 1. The molecule has 0 radical (unpaired) electrons. The molecule has 3 amide bonds. The molecular formula is C13H21N3O5. The third-order valence-electron chi connectivity index (χ3n) is 4.33. The van der Waals surface area contributed by atoms with Gasteiger partial charge in [-0.2, -0.15) is 0 Å². The first-order valence-electron chi connectivity index (χ1n) is 7.03. The number of carboxylic acids is 1. The fourth-order valence-electron chi connectivity index (χ4n) is 2.88. The summed E-state index contributed by atoms with van der Waals surface area (Å²) in [6.07, 6.45) is 1.11. The molecule has 0 aliphatic carbocycles. The molecule has 2 heterocycles. The highest BCUT2D eigenvalue weighted by Gasteiger charge is 2.40. The van der Waals surface area contributed by atoms with Crippen molar-refractivity contribution >= 4 is 17.9 Å². The summed E-state index contributed by atoms with van der Waals surface area (Å²) in [5.74, 6) is -2.15. The molecule has 3 N–H and O–H groups in total. The summed E-state index contributed by atoms with van der Waals surface area (Å²) < 4.78 is 5.18. The minimum atomic E-state index is -0.954. The molecule has 2 aliphatic heterocycles. The molecule has 2 rings (SSSR count). The predicted octanol–water partition coefficient (Wildman–Crippen LogP) is -0.665. The quantitative estimate of drug-likeness (QED) is 0.718. The molecule has 0 aromatic heterocycles. The van der Waals surface area contributed by atoms with Crippen molar-refractivity contribution in [1.29, 1.82) is 0 Å². The molecule has 0 aromatic carbocycles. The number of carbonyl (C=O) groups excluding carboxylic acids is 2. The number of nitrogens with two attached hydrogens (primary N) is 1. The molecule has 118 valence electrons. The number of likely N-dealkylation sites (N-methyl/N-ethyl adjacent to an activating group) is 1. The number of nitrogens with zero attached hydrogens (tertiary/aromatic N) is 2. The maximum Gasteiger partial charge on any atom is 0.320 e. The third kappa shape index (κ3) is 3.26. The largest absolute Gasteiger partial charge is 0.481 e. The van der Waals surface area contributed by atoms with E-state index in [1.807, 2.05) is 0 Å². The molecule has 0 spiro atoms. The zero-order valence-electron chi connectivity index (χ0n) is 12.0. The fourth-order valence-corrected chi connectivity index (χ4v) is 2.88.